The number of allylic oxidation sites excluding steroid dienone is 1. The number of nitrogens with two attached hydrogens (primary N) is 1. The lowest BCUT2D eigenvalue weighted by molar-refractivity contribution is -0.204. The molecule has 0 saturated carbocycles. The quantitative estimate of drug-likeness (QED) is 0.516. The molecular weight excluding hydrogens is 254 g/mol. The summed E-state index contributed by atoms with van der Waals surface area (Å²) < 4.78 is 5.65. The van der Waals surface area contributed by atoms with Gasteiger partial charge in [-0.25, -0.2) is 0 Å². The minimum atomic E-state index is -1.21. The van der Waals surface area contributed by atoms with Crippen molar-refractivity contribution in [1.82, 2.24) is 0 Å². The second kappa shape index (κ2) is 5.90. The van der Waals surface area contributed by atoms with Gasteiger partial charge in [0, 0.05) is 6.04 Å². The van der Waals surface area contributed by atoms with E-state index in [9.17, 15) is 15.3 Å². The molecule has 1 aliphatic heterocycles. The van der Waals surface area contributed by atoms with Gasteiger partial charge in [-0.3, -0.25) is 0 Å². The fourth-order valence-electron chi connectivity index (χ4n) is 2.61. The van der Waals surface area contributed by atoms with Crippen molar-refractivity contribution in [1.29, 1.82) is 0 Å². The highest BCUT2D eigenvalue weighted by Crippen LogP contribution is 2.32. The van der Waals surface area contributed by atoms with E-state index in [4.69, 9.17) is 10.5 Å². The second-order valence-corrected chi connectivity index (χ2v) is 5.86. The molecule has 6 heteroatoms. The van der Waals surface area contributed by atoms with Crippen LogP contribution in [0.2, 0.25) is 0 Å². The van der Waals surface area contributed by atoms with Gasteiger partial charge >= 0.3 is 0 Å². The Hall–Kier alpha value is -0.110. The zero-order valence-corrected chi connectivity index (χ0v) is 11.2. The van der Waals surface area contributed by atoms with Gasteiger partial charge < -0.3 is 25.8 Å². The summed E-state index contributed by atoms with van der Waals surface area (Å²) in [5.41, 5.74) is 5.58. The standard InChI is InChI=1S/C12H21NO4S/c1-18-12-10(16)8(14)9(15)11(17-12)7(13)6-4-2-3-5-6/h2,4,6-12,14-16H,3,5,13H2,1H3/t6-,7+,8+,9?,10+,11+,12?/m0/s1. The van der Waals surface area contributed by atoms with Crippen LogP contribution in [0.4, 0.5) is 0 Å². The second-order valence-electron chi connectivity index (χ2n) is 4.92. The van der Waals surface area contributed by atoms with Gasteiger partial charge in [-0.05, 0) is 25.0 Å². The van der Waals surface area contributed by atoms with Gasteiger partial charge in [-0.2, -0.15) is 0 Å². The summed E-state index contributed by atoms with van der Waals surface area (Å²) in [6.45, 7) is 0. The van der Waals surface area contributed by atoms with Crippen LogP contribution in [0.25, 0.3) is 0 Å². The maximum absolute atomic E-state index is 10.0. The zero-order chi connectivity index (χ0) is 13.3. The van der Waals surface area contributed by atoms with Crippen molar-refractivity contribution in [2.45, 2.75) is 48.7 Å². The van der Waals surface area contributed by atoms with Crippen molar-refractivity contribution in [2.24, 2.45) is 11.7 Å². The molecule has 5 N–H and O–H groups in total. The summed E-state index contributed by atoms with van der Waals surface area (Å²) >= 11 is 1.31. The number of ether oxygens (including phenoxy) is 1. The molecule has 104 valence electrons. The monoisotopic (exact) mass is 275 g/mol. The Bertz CT molecular complexity index is 312. The van der Waals surface area contributed by atoms with E-state index in [2.05, 4.69) is 6.08 Å². The molecule has 0 aromatic heterocycles. The Morgan fingerprint density at radius 1 is 1.28 bits per heavy atom. The Labute approximate surface area is 111 Å². The first-order chi connectivity index (χ1) is 8.56. The summed E-state index contributed by atoms with van der Waals surface area (Å²) in [7, 11) is 0. The molecule has 7 atom stereocenters. The van der Waals surface area contributed by atoms with Crippen LogP contribution in [0, 0.1) is 5.92 Å². The molecule has 0 aromatic rings. The summed E-state index contributed by atoms with van der Waals surface area (Å²) in [4.78, 5) is 0. The van der Waals surface area contributed by atoms with Crippen molar-refractivity contribution in [3.63, 3.8) is 0 Å². The molecule has 0 spiro atoms. The third-order valence-corrected chi connectivity index (χ3v) is 4.62. The maximum Gasteiger partial charge on any atom is 0.132 e. The Morgan fingerprint density at radius 2 is 2.00 bits per heavy atom. The van der Waals surface area contributed by atoms with E-state index >= 15 is 0 Å². The normalized spacial score (nSPS) is 46.3. The molecule has 2 aliphatic rings. The number of aliphatic hydroxyl groups is 3. The first-order valence-corrected chi connectivity index (χ1v) is 7.49. The molecule has 1 saturated heterocycles. The van der Waals surface area contributed by atoms with Crippen LogP contribution in [0.15, 0.2) is 12.2 Å². The van der Waals surface area contributed by atoms with E-state index in [-0.39, 0.29) is 12.0 Å². The molecule has 2 unspecified atom stereocenters. The van der Waals surface area contributed by atoms with Crippen LogP contribution in [-0.4, -0.2) is 57.5 Å². The molecular formula is C12H21NO4S. The van der Waals surface area contributed by atoms with E-state index in [0.29, 0.717) is 0 Å². The summed E-state index contributed by atoms with van der Waals surface area (Å²) in [5, 5.41) is 29.6. The first-order valence-electron chi connectivity index (χ1n) is 6.21. The number of hydrogen-bond donors (Lipinski definition) is 4. The molecule has 2 rings (SSSR count). The first kappa shape index (κ1) is 14.3. The number of hydrogen-bond acceptors (Lipinski definition) is 6. The average molecular weight is 275 g/mol. The molecule has 1 heterocycles. The van der Waals surface area contributed by atoms with E-state index in [1.165, 1.54) is 11.8 Å². The fourth-order valence-corrected chi connectivity index (χ4v) is 3.29. The van der Waals surface area contributed by atoms with Crippen LogP contribution in [0.1, 0.15) is 12.8 Å². The highest BCUT2D eigenvalue weighted by atomic mass is 32.2. The van der Waals surface area contributed by atoms with Crippen molar-refractivity contribution in [2.75, 3.05) is 6.26 Å². The highest BCUT2D eigenvalue weighted by molar-refractivity contribution is 7.99. The van der Waals surface area contributed by atoms with Crippen molar-refractivity contribution in [3.05, 3.63) is 12.2 Å². The van der Waals surface area contributed by atoms with Gasteiger partial charge in [-0.1, -0.05) is 12.2 Å². The van der Waals surface area contributed by atoms with Gasteiger partial charge in [0.05, 0.1) is 0 Å². The molecule has 0 aromatic carbocycles. The molecule has 0 bridgehead atoms. The van der Waals surface area contributed by atoms with Crippen molar-refractivity contribution >= 4 is 11.8 Å². The Morgan fingerprint density at radius 3 is 2.56 bits per heavy atom. The van der Waals surface area contributed by atoms with E-state index in [1.54, 1.807) is 6.26 Å². The third kappa shape index (κ3) is 2.59. The SMILES string of the molecule is CSC1O[C@H]([C@H](N)[C@H]2C=CCC2)C(O)[C@@H](O)[C@H]1O. The minimum Gasteiger partial charge on any atom is -0.388 e. The van der Waals surface area contributed by atoms with Crippen LogP contribution in [0.3, 0.4) is 0 Å². The maximum atomic E-state index is 10.0. The van der Waals surface area contributed by atoms with Crippen molar-refractivity contribution in [3.8, 4) is 0 Å². The van der Waals surface area contributed by atoms with Gasteiger partial charge in [0.15, 0.2) is 0 Å². The van der Waals surface area contributed by atoms with Gasteiger partial charge in [0.2, 0.25) is 0 Å². The van der Waals surface area contributed by atoms with Crippen LogP contribution < -0.4 is 5.73 Å². The molecule has 1 aliphatic carbocycles. The zero-order valence-electron chi connectivity index (χ0n) is 10.3. The average Bonchev–Trinajstić information content (AvgIpc) is 2.89. The minimum absolute atomic E-state index is 0.162. The van der Waals surface area contributed by atoms with Gasteiger partial charge in [-0.15, -0.1) is 11.8 Å². The lowest BCUT2D eigenvalue weighted by Gasteiger charge is -2.43. The Kier molecular flexibility index (Phi) is 4.69. The molecule has 1 fully saturated rings. The fraction of sp³-hybridized carbons (Fsp3) is 0.833. The predicted octanol–water partition coefficient (Wildman–Crippen LogP) is -0.550. The topological polar surface area (TPSA) is 95.9 Å². The molecule has 5 nitrogen and oxygen atoms in total. The van der Waals surface area contributed by atoms with E-state index in [1.807, 2.05) is 6.08 Å². The predicted molar refractivity (Wildman–Crippen MR) is 70.0 cm³/mol. The summed E-state index contributed by atoms with van der Waals surface area (Å²) in [5.74, 6) is 0.162. The van der Waals surface area contributed by atoms with Crippen LogP contribution in [-0.2, 0) is 4.74 Å². The number of thioether (sulfide) groups is 1. The van der Waals surface area contributed by atoms with Crippen LogP contribution in [0.5, 0.6) is 0 Å². The van der Waals surface area contributed by atoms with Gasteiger partial charge in [0.25, 0.3) is 0 Å². The summed E-state index contributed by atoms with van der Waals surface area (Å²) in [6, 6.07) is -0.365. The van der Waals surface area contributed by atoms with Crippen LogP contribution >= 0.6 is 11.8 Å². The third-order valence-electron chi connectivity index (χ3n) is 3.76. The highest BCUT2D eigenvalue weighted by Gasteiger charge is 2.46. The van der Waals surface area contributed by atoms with E-state index < -0.39 is 29.9 Å². The summed E-state index contributed by atoms with van der Waals surface area (Å²) in [6.07, 6.45) is 3.73. The largest absolute Gasteiger partial charge is 0.388 e. The molecule has 0 amide bonds. The smallest absolute Gasteiger partial charge is 0.132 e. The lowest BCUT2D eigenvalue weighted by Crippen LogP contribution is -2.62. The van der Waals surface area contributed by atoms with Crippen molar-refractivity contribution < 1.29 is 20.1 Å². The molecule has 18 heavy (non-hydrogen) atoms. The Balaban J connectivity index is 2.08. The van der Waals surface area contributed by atoms with E-state index in [0.717, 1.165) is 12.8 Å². The number of rotatable bonds is 3. The lowest BCUT2D eigenvalue weighted by atomic mass is 9.87. The molecule has 0 radical (unpaired) electrons. The number of aliphatic hydroxyl groups excluding tert-OH is 3. The van der Waals surface area contributed by atoms with Gasteiger partial charge in [0.1, 0.15) is 29.9 Å².